The van der Waals surface area contributed by atoms with Crippen molar-refractivity contribution >= 4 is 29.9 Å². The standard InChI is InChI=1S/C19H27N3O3.ClH/c1-13-5-6-15(19(24)22-7-9-25-10-8-22)12-17(13)21-18(23)14-3-2-4-16(20)11-14;/h5-6,12,14,16H,2-4,7-11,20H2,1H3,(H,21,23);1H. The number of benzene rings is 1. The molecule has 1 aromatic carbocycles. The first kappa shape index (κ1) is 20.7. The zero-order valence-corrected chi connectivity index (χ0v) is 16.0. The predicted octanol–water partition coefficient (Wildman–Crippen LogP) is 2.35. The van der Waals surface area contributed by atoms with Crippen LogP contribution in [0.5, 0.6) is 0 Å². The number of carbonyl (C=O) groups is 2. The summed E-state index contributed by atoms with van der Waals surface area (Å²) in [5, 5.41) is 3.01. The summed E-state index contributed by atoms with van der Waals surface area (Å²) in [6.07, 6.45) is 3.60. The van der Waals surface area contributed by atoms with Crippen molar-refractivity contribution in [3.05, 3.63) is 29.3 Å². The Morgan fingerprint density at radius 3 is 2.65 bits per heavy atom. The van der Waals surface area contributed by atoms with Gasteiger partial charge in [0.15, 0.2) is 0 Å². The average Bonchev–Trinajstić information content (AvgIpc) is 2.63. The number of nitrogens with one attached hydrogen (secondary N) is 1. The summed E-state index contributed by atoms with van der Waals surface area (Å²) in [5.74, 6) is -0.0468. The zero-order valence-electron chi connectivity index (χ0n) is 15.2. The summed E-state index contributed by atoms with van der Waals surface area (Å²) in [6, 6.07) is 5.60. The fourth-order valence-corrected chi connectivity index (χ4v) is 3.54. The number of anilines is 1. The number of nitrogens with two attached hydrogens (primary N) is 1. The molecule has 3 rings (SSSR count). The van der Waals surface area contributed by atoms with Gasteiger partial charge < -0.3 is 20.7 Å². The van der Waals surface area contributed by atoms with Crippen molar-refractivity contribution in [2.24, 2.45) is 11.7 Å². The molecular formula is C19H28ClN3O3. The molecule has 1 heterocycles. The second kappa shape index (κ2) is 9.35. The first-order valence-electron chi connectivity index (χ1n) is 9.08. The van der Waals surface area contributed by atoms with Crippen LogP contribution in [0.4, 0.5) is 5.69 Å². The largest absolute Gasteiger partial charge is 0.378 e. The van der Waals surface area contributed by atoms with Gasteiger partial charge in [-0.05, 0) is 43.9 Å². The van der Waals surface area contributed by atoms with E-state index in [0.717, 1.165) is 31.2 Å². The molecule has 1 aromatic rings. The molecule has 3 N–H and O–H groups in total. The maximum absolute atomic E-state index is 12.6. The summed E-state index contributed by atoms with van der Waals surface area (Å²) >= 11 is 0. The van der Waals surface area contributed by atoms with Gasteiger partial charge in [-0.3, -0.25) is 9.59 Å². The SMILES string of the molecule is Cc1ccc(C(=O)N2CCOCC2)cc1NC(=O)C1CCCC(N)C1.Cl. The zero-order chi connectivity index (χ0) is 17.8. The number of halogens is 1. The molecule has 0 radical (unpaired) electrons. The number of rotatable bonds is 3. The van der Waals surface area contributed by atoms with Crippen LogP contribution in [0.15, 0.2) is 18.2 Å². The van der Waals surface area contributed by atoms with Crippen molar-refractivity contribution in [3.8, 4) is 0 Å². The lowest BCUT2D eigenvalue weighted by molar-refractivity contribution is -0.120. The summed E-state index contributed by atoms with van der Waals surface area (Å²) in [6.45, 7) is 4.29. The fourth-order valence-electron chi connectivity index (χ4n) is 3.54. The summed E-state index contributed by atoms with van der Waals surface area (Å²) in [4.78, 5) is 27.0. The first-order chi connectivity index (χ1) is 12.0. The van der Waals surface area contributed by atoms with Crippen LogP contribution in [0.2, 0.25) is 0 Å². The molecule has 6 nitrogen and oxygen atoms in total. The molecule has 1 aliphatic carbocycles. The number of hydrogen-bond donors (Lipinski definition) is 2. The van der Waals surface area contributed by atoms with Gasteiger partial charge in [-0.1, -0.05) is 12.5 Å². The van der Waals surface area contributed by atoms with Crippen LogP contribution in [0.1, 0.15) is 41.6 Å². The minimum Gasteiger partial charge on any atom is -0.378 e. The highest BCUT2D eigenvalue weighted by Crippen LogP contribution is 2.26. The van der Waals surface area contributed by atoms with Crippen molar-refractivity contribution in [1.29, 1.82) is 0 Å². The van der Waals surface area contributed by atoms with Crippen LogP contribution < -0.4 is 11.1 Å². The molecule has 2 aliphatic rings. The summed E-state index contributed by atoms with van der Waals surface area (Å²) < 4.78 is 5.30. The van der Waals surface area contributed by atoms with E-state index >= 15 is 0 Å². The smallest absolute Gasteiger partial charge is 0.254 e. The number of aryl methyl sites for hydroxylation is 1. The molecule has 2 amide bonds. The van der Waals surface area contributed by atoms with Gasteiger partial charge in [0, 0.05) is 36.3 Å². The van der Waals surface area contributed by atoms with E-state index in [4.69, 9.17) is 10.5 Å². The van der Waals surface area contributed by atoms with E-state index in [-0.39, 0.29) is 36.2 Å². The second-order valence-corrected chi connectivity index (χ2v) is 7.05. The van der Waals surface area contributed by atoms with Gasteiger partial charge in [0.05, 0.1) is 13.2 Å². The maximum atomic E-state index is 12.6. The van der Waals surface area contributed by atoms with Crippen LogP contribution in [-0.4, -0.2) is 49.1 Å². The highest BCUT2D eigenvalue weighted by molar-refractivity contribution is 5.98. The minimum atomic E-state index is -0.0400. The molecule has 144 valence electrons. The van der Waals surface area contributed by atoms with E-state index in [9.17, 15) is 9.59 Å². The Bertz CT molecular complexity index is 647. The molecule has 7 heteroatoms. The number of ether oxygens (including phenoxy) is 1. The Labute approximate surface area is 160 Å². The van der Waals surface area contributed by atoms with Crippen molar-refractivity contribution in [3.63, 3.8) is 0 Å². The third-order valence-corrected chi connectivity index (χ3v) is 5.13. The van der Waals surface area contributed by atoms with Crippen LogP contribution in [-0.2, 0) is 9.53 Å². The van der Waals surface area contributed by atoms with E-state index in [0.29, 0.717) is 37.6 Å². The van der Waals surface area contributed by atoms with Gasteiger partial charge >= 0.3 is 0 Å². The van der Waals surface area contributed by atoms with Gasteiger partial charge in [0.2, 0.25) is 5.91 Å². The van der Waals surface area contributed by atoms with E-state index < -0.39 is 0 Å². The topological polar surface area (TPSA) is 84.7 Å². The van der Waals surface area contributed by atoms with E-state index in [1.54, 1.807) is 11.0 Å². The van der Waals surface area contributed by atoms with Gasteiger partial charge in [0.1, 0.15) is 0 Å². The van der Waals surface area contributed by atoms with Gasteiger partial charge in [-0.15, -0.1) is 12.4 Å². The molecule has 0 bridgehead atoms. The van der Waals surface area contributed by atoms with Crippen molar-refractivity contribution < 1.29 is 14.3 Å². The third-order valence-electron chi connectivity index (χ3n) is 5.13. The van der Waals surface area contributed by atoms with E-state index in [2.05, 4.69) is 5.32 Å². The average molecular weight is 382 g/mol. The lowest BCUT2D eigenvalue weighted by Crippen LogP contribution is -2.40. The summed E-state index contributed by atoms with van der Waals surface area (Å²) in [5.41, 5.74) is 8.25. The fraction of sp³-hybridized carbons (Fsp3) is 0.579. The molecule has 0 aromatic heterocycles. The molecule has 26 heavy (non-hydrogen) atoms. The lowest BCUT2D eigenvalue weighted by Gasteiger charge is -2.27. The molecule has 1 saturated heterocycles. The van der Waals surface area contributed by atoms with Crippen LogP contribution in [0.25, 0.3) is 0 Å². The molecule has 1 saturated carbocycles. The quantitative estimate of drug-likeness (QED) is 0.841. The van der Waals surface area contributed by atoms with E-state index in [1.165, 1.54) is 0 Å². The molecule has 1 aliphatic heterocycles. The monoisotopic (exact) mass is 381 g/mol. The molecule has 0 spiro atoms. The Balaban J connectivity index is 0.00000243. The number of morpholine rings is 1. The van der Waals surface area contributed by atoms with Crippen LogP contribution >= 0.6 is 12.4 Å². The Kier molecular flexibility index (Phi) is 7.43. The molecule has 2 fully saturated rings. The van der Waals surface area contributed by atoms with E-state index in [1.807, 2.05) is 19.1 Å². The maximum Gasteiger partial charge on any atom is 0.254 e. The number of hydrogen-bond acceptors (Lipinski definition) is 4. The highest BCUT2D eigenvalue weighted by atomic mass is 35.5. The third kappa shape index (κ3) is 4.96. The van der Waals surface area contributed by atoms with Crippen LogP contribution in [0, 0.1) is 12.8 Å². The minimum absolute atomic E-state index is 0. The number of carbonyl (C=O) groups excluding carboxylic acids is 2. The van der Waals surface area contributed by atoms with Crippen molar-refractivity contribution in [1.82, 2.24) is 4.90 Å². The Morgan fingerprint density at radius 1 is 1.23 bits per heavy atom. The number of amides is 2. The Hall–Kier alpha value is -1.63. The van der Waals surface area contributed by atoms with Gasteiger partial charge in [0.25, 0.3) is 5.91 Å². The Morgan fingerprint density at radius 2 is 1.96 bits per heavy atom. The normalized spacial score (nSPS) is 23.1. The summed E-state index contributed by atoms with van der Waals surface area (Å²) in [7, 11) is 0. The van der Waals surface area contributed by atoms with Gasteiger partial charge in [-0.25, -0.2) is 0 Å². The highest BCUT2D eigenvalue weighted by Gasteiger charge is 2.26. The molecule has 2 unspecified atom stereocenters. The van der Waals surface area contributed by atoms with Crippen LogP contribution in [0.3, 0.4) is 0 Å². The second-order valence-electron chi connectivity index (χ2n) is 7.05. The molecule has 2 atom stereocenters. The predicted molar refractivity (Wildman–Crippen MR) is 104 cm³/mol. The van der Waals surface area contributed by atoms with Crippen molar-refractivity contribution in [2.75, 3.05) is 31.6 Å². The first-order valence-corrected chi connectivity index (χ1v) is 9.08. The van der Waals surface area contributed by atoms with Crippen molar-refractivity contribution in [2.45, 2.75) is 38.6 Å². The molecular weight excluding hydrogens is 354 g/mol. The number of nitrogens with zero attached hydrogens (tertiary/aromatic N) is 1. The van der Waals surface area contributed by atoms with Gasteiger partial charge in [-0.2, -0.15) is 0 Å². The lowest BCUT2D eigenvalue weighted by atomic mass is 9.85.